The number of hydrogen-bond acceptors (Lipinski definition) is 5. The molecular formula is C27H27ClFN5O2. The van der Waals surface area contributed by atoms with Crippen LogP contribution < -0.4 is 15.9 Å². The Kier molecular flexibility index (Phi) is 6.55. The summed E-state index contributed by atoms with van der Waals surface area (Å²) in [6.07, 6.45) is 7.12. The summed E-state index contributed by atoms with van der Waals surface area (Å²) in [7, 11) is 3.61. The predicted octanol–water partition coefficient (Wildman–Crippen LogP) is 4.59. The second-order valence-corrected chi connectivity index (χ2v) is 9.46. The maximum absolute atomic E-state index is 14.8. The number of phenolic OH excluding ortho intramolecular Hbond substituents is 1. The van der Waals surface area contributed by atoms with Crippen LogP contribution in [0, 0.1) is 5.82 Å². The van der Waals surface area contributed by atoms with E-state index in [0.717, 1.165) is 31.7 Å². The quantitative estimate of drug-likeness (QED) is 0.413. The second kappa shape index (κ2) is 9.79. The first kappa shape index (κ1) is 24.1. The average Bonchev–Trinajstić information content (AvgIpc) is 3.23. The van der Waals surface area contributed by atoms with Crippen LogP contribution in [0.1, 0.15) is 12.8 Å². The number of rotatable bonds is 5. The average molecular weight is 508 g/mol. The number of nitrogens with one attached hydrogen (secondary N) is 1. The standard InChI is InChI=1S/C27H27ClFN5O2/c1-30-20-4-3-9-33(16-20)25-13-18(7-8-31-25)22-15-19(29)14-21(26(22)35)17-5-6-24(23(28)12-17)34-11-10-32(2)27(34)36/h5-8,10-15,20,30,35H,3-4,9,16H2,1-2H3/t20-/m0/s1. The van der Waals surface area contributed by atoms with Gasteiger partial charge >= 0.3 is 5.69 Å². The molecule has 2 aromatic heterocycles. The highest BCUT2D eigenvalue weighted by molar-refractivity contribution is 6.32. The number of anilines is 1. The number of imidazole rings is 1. The Morgan fingerprint density at radius 1 is 1.11 bits per heavy atom. The topological polar surface area (TPSA) is 75.3 Å². The number of aryl methyl sites for hydroxylation is 1. The number of aromatic hydroxyl groups is 1. The molecule has 4 aromatic rings. The molecule has 9 heteroatoms. The number of hydrogen-bond donors (Lipinski definition) is 2. The van der Waals surface area contributed by atoms with E-state index in [9.17, 15) is 14.3 Å². The minimum atomic E-state index is -0.483. The molecule has 7 nitrogen and oxygen atoms in total. The molecule has 2 aromatic carbocycles. The molecule has 5 rings (SSSR count). The van der Waals surface area contributed by atoms with Crippen molar-refractivity contribution in [1.29, 1.82) is 0 Å². The number of pyridine rings is 1. The molecule has 0 amide bonds. The van der Waals surface area contributed by atoms with Gasteiger partial charge in [-0.25, -0.2) is 14.2 Å². The van der Waals surface area contributed by atoms with Gasteiger partial charge in [-0.2, -0.15) is 0 Å². The molecule has 1 fully saturated rings. The number of nitrogens with zero attached hydrogens (tertiary/aromatic N) is 4. The Morgan fingerprint density at radius 3 is 2.53 bits per heavy atom. The number of benzene rings is 2. The molecule has 2 N–H and O–H groups in total. The molecule has 1 saturated heterocycles. The molecule has 3 heterocycles. The van der Waals surface area contributed by atoms with Crippen LogP contribution in [0.4, 0.5) is 10.2 Å². The van der Waals surface area contributed by atoms with Gasteiger partial charge in [0.2, 0.25) is 0 Å². The molecule has 186 valence electrons. The molecule has 0 radical (unpaired) electrons. The van der Waals surface area contributed by atoms with E-state index in [0.29, 0.717) is 39.0 Å². The fourth-order valence-electron chi connectivity index (χ4n) is 4.74. The number of likely N-dealkylation sites (N-methyl/N-ethyl adjacent to an activating group) is 1. The van der Waals surface area contributed by atoms with Gasteiger partial charge < -0.3 is 19.9 Å². The Balaban J connectivity index is 1.52. The molecular weight excluding hydrogens is 481 g/mol. The molecule has 0 spiro atoms. The number of halogens is 2. The van der Waals surface area contributed by atoms with Gasteiger partial charge in [0, 0.05) is 55.9 Å². The molecule has 0 saturated carbocycles. The van der Waals surface area contributed by atoms with Crippen molar-refractivity contribution in [3.05, 3.63) is 82.4 Å². The molecule has 1 aliphatic rings. The Bertz CT molecular complexity index is 1480. The fourth-order valence-corrected chi connectivity index (χ4v) is 5.01. The van der Waals surface area contributed by atoms with Crippen molar-refractivity contribution in [2.45, 2.75) is 18.9 Å². The van der Waals surface area contributed by atoms with Crippen LogP contribution >= 0.6 is 11.6 Å². The largest absolute Gasteiger partial charge is 0.507 e. The van der Waals surface area contributed by atoms with Crippen LogP contribution in [0.5, 0.6) is 5.75 Å². The van der Waals surface area contributed by atoms with Gasteiger partial charge in [0.15, 0.2) is 0 Å². The van der Waals surface area contributed by atoms with Crippen molar-refractivity contribution >= 4 is 17.4 Å². The summed E-state index contributed by atoms with van der Waals surface area (Å²) in [5, 5.41) is 14.8. The normalized spacial score (nSPS) is 15.9. The number of aromatic nitrogens is 3. The third kappa shape index (κ3) is 4.50. The zero-order valence-corrected chi connectivity index (χ0v) is 20.8. The summed E-state index contributed by atoms with van der Waals surface area (Å²) >= 11 is 6.51. The first-order chi connectivity index (χ1) is 17.4. The van der Waals surface area contributed by atoms with Gasteiger partial charge in [-0.1, -0.05) is 17.7 Å². The predicted molar refractivity (Wildman–Crippen MR) is 141 cm³/mol. The highest BCUT2D eigenvalue weighted by Crippen LogP contribution is 2.41. The molecule has 0 unspecified atom stereocenters. The molecule has 36 heavy (non-hydrogen) atoms. The van der Waals surface area contributed by atoms with Gasteiger partial charge in [-0.3, -0.25) is 4.57 Å². The molecule has 1 atom stereocenters. The Hall–Kier alpha value is -3.62. The highest BCUT2D eigenvalue weighted by Gasteiger charge is 2.21. The number of piperidine rings is 1. The molecule has 1 aliphatic heterocycles. The van der Waals surface area contributed by atoms with Crippen LogP contribution in [0.15, 0.2) is 65.8 Å². The van der Waals surface area contributed by atoms with Crippen LogP contribution in [-0.4, -0.2) is 45.4 Å². The van der Waals surface area contributed by atoms with Crippen LogP contribution in [0.25, 0.3) is 27.9 Å². The van der Waals surface area contributed by atoms with E-state index in [2.05, 4.69) is 15.2 Å². The zero-order valence-electron chi connectivity index (χ0n) is 20.1. The third-order valence-electron chi connectivity index (χ3n) is 6.75. The lowest BCUT2D eigenvalue weighted by Crippen LogP contribution is -2.44. The summed E-state index contributed by atoms with van der Waals surface area (Å²) in [6.45, 7) is 1.73. The Morgan fingerprint density at radius 2 is 1.86 bits per heavy atom. The summed E-state index contributed by atoms with van der Waals surface area (Å²) in [5.41, 5.74) is 2.16. The lowest BCUT2D eigenvalue weighted by atomic mass is 9.97. The number of phenols is 1. The van der Waals surface area contributed by atoms with E-state index in [-0.39, 0.29) is 11.4 Å². The van der Waals surface area contributed by atoms with Crippen molar-refractivity contribution < 1.29 is 9.50 Å². The van der Waals surface area contributed by atoms with E-state index in [4.69, 9.17) is 11.6 Å². The fraction of sp³-hybridized carbons (Fsp3) is 0.259. The van der Waals surface area contributed by atoms with Crippen LogP contribution in [0.3, 0.4) is 0 Å². The van der Waals surface area contributed by atoms with Crippen molar-refractivity contribution in [3.8, 4) is 33.7 Å². The van der Waals surface area contributed by atoms with Gasteiger partial charge in [0.1, 0.15) is 17.4 Å². The van der Waals surface area contributed by atoms with Gasteiger partial charge in [-0.15, -0.1) is 0 Å². The third-order valence-corrected chi connectivity index (χ3v) is 7.05. The smallest absolute Gasteiger partial charge is 0.332 e. The first-order valence-corrected chi connectivity index (χ1v) is 12.2. The first-order valence-electron chi connectivity index (χ1n) is 11.8. The monoisotopic (exact) mass is 507 g/mol. The summed E-state index contributed by atoms with van der Waals surface area (Å²) in [6, 6.07) is 11.7. The lowest BCUT2D eigenvalue weighted by Gasteiger charge is -2.33. The summed E-state index contributed by atoms with van der Waals surface area (Å²) in [5.74, 6) is 0.253. The van der Waals surface area contributed by atoms with Crippen molar-refractivity contribution in [2.75, 3.05) is 25.0 Å². The van der Waals surface area contributed by atoms with E-state index in [1.165, 1.54) is 21.3 Å². The zero-order chi connectivity index (χ0) is 25.4. The minimum absolute atomic E-state index is 0.0546. The van der Waals surface area contributed by atoms with E-state index in [1.807, 2.05) is 13.1 Å². The van der Waals surface area contributed by atoms with Crippen molar-refractivity contribution in [1.82, 2.24) is 19.4 Å². The van der Waals surface area contributed by atoms with Gasteiger partial charge in [-0.05, 0) is 67.4 Å². The van der Waals surface area contributed by atoms with Gasteiger partial charge in [0.25, 0.3) is 0 Å². The van der Waals surface area contributed by atoms with Crippen LogP contribution in [0.2, 0.25) is 5.02 Å². The highest BCUT2D eigenvalue weighted by atomic mass is 35.5. The van der Waals surface area contributed by atoms with Crippen LogP contribution in [-0.2, 0) is 7.05 Å². The Labute approximate surface area is 213 Å². The van der Waals surface area contributed by atoms with E-state index in [1.54, 1.807) is 49.9 Å². The van der Waals surface area contributed by atoms with E-state index >= 15 is 0 Å². The summed E-state index contributed by atoms with van der Waals surface area (Å²) in [4.78, 5) is 19.0. The lowest BCUT2D eigenvalue weighted by molar-refractivity contribution is 0.447. The van der Waals surface area contributed by atoms with E-state index < -0.39 is 5.82 Å². The second-order valence-electron chi connectivity index (χ2n) is 9.05. The summed E-state index contributed by atoms with van der Waals surface area (Å²) < 4.78 is 17.7. The maximum Gasteiger partial charge on any atom is 0.332 e. The molecule has 0 bridgehead atoms. The maximum atomic E-state index is 14.8. The van der Waals surface area contributed by atoms with Gasteiger partial charge in [0.05, 0.1) is 10.7 Å². The minimum Gasteiger partial charge on any atom is -0.507 e. The molecule has 0 aliphatic carbocycles. The SMILES string of the molecule is CN[C@H]1CCCN(c2cc(-c3cc(F)cc(-c4ccc(-n5ccn(C)c5=O)c(Cl)c4)c3O)ccn2)C1. The van der Waals surface area contributed by atoms with Crippen molar-refractivity contribution in [3.63, 3.8) is 0 Å². The van der Waals surface area contributed by atoms with Crippen molar-refractivity contribution in [2.24, 2.45) is 7.05 Å².